The van der Waals surface area contributed by atoms with E-state index in [0.29, 0.717) is 6.61 Å². The molecule has 116 valence electrons. The Morgan fingerprint density at radius 3 is 3.09 bits per heavy atom. The highest BCUT2D eigenvalue weighted by atomic mass is 32.1. The fourth-order valence-corrected chi connectivity index (χ4v) is 4.88. The van der Waals surface area contributed by atoms with Crippen LogP contribution in [0.2, 0.25) is 0 Å². The van der Waals surface area contributed by atoms with Crippen LogP contribution in [0.25, 0.3) is 10.2 Å². The Labute approximate surface area is 138 Å². The van der Waals surface area contributed by atoms with Gasteiger partial charge in [0, 0.05) is 17.0 Å². The molecule has 0 saturated heterocycles. The van der Waals surface area contributed by atoms with Gasteiger partial charge in [-0.2, -0.15) is 0 Å². The molecule has 0 bridgehead atoms. The van der Waals surface area contributed by atoms with E-state index >= 15 is 0 Å². The summed E-state index contributed by atoms with van der Waals surface area (Å²) in [4.78, 5) is 14.2. The van der Waals surface area contributed by atoms with Gasteiger partial charge in [-0.05, 0) is 30.9 Å². The van der Waals surface area contributed by atoms with Crippen molar-refractivity contribution in [3.05, 3.63) is 46.6 Å². The number of anilines is 1. The first-order chi connectivity index (χ1) is 11.4. The van der Waals surface area contributed by atoms with Gasteiger partial charge in [-0.15, -0.1) is 11.3 Å². The fraction of sp³-hybridized carbons (Fsp3) is 0.333. The zero-order valence-electron chi connectivity index (χ0n) is 12.8. The zero-order valence-corrected chi connectivity index (χ0v) is 13.6. The lowest BCUT2D eigenvalue weighted by Crippen LogP contribution is -2.26. The maximum atomic E-state index is 5.90. The van der Waals surface area contributed by atoms with E-state index in [2.05, 4.69) is 33.1 Å². The second kappa shape index (κ2) is 5.20. The Kier molecular flexibility index (Phi) is 3.01. The Morgan fingerprint density at radius 1 is 1.13 bits per heavy atom. The van der Waals surface area contributed by atoms with Crippen molar-refractivity contribution in [2.75, 3.05) is 18.1 Å². The van der Waals surface area contributed by atoms with Gasteiger partial charge >= 0.3 is 0 Å². The molecule has 0 N–H and O–H groups in total. The van der Waals surface area contributed by atoms with Crippen molar-refractivity contribution in [1.29, 1.82) is 0 Å². The number of aromatic nitrogens is 2. The number of benzene rings is 1. The van der Waals surface area contributed by atoms with Crippen LogP contribution < -0.4 is 9.64 Å². The quantitative estimate of drug-likeness (QED) is 0.686. The van der Waals surface area contributed by atoms with Gasteiger partial charge in [0.1, 0.15) is 29.3 Å². The number of fused-ring (bicyclic) bond motifs is 4. The second-order valence-electron chi connectivity index (χ2n) is 6.11. The lowest BCUT2D eigenvalue weighted by molar-refractivity contribution is 0.331. The molecule has 0 atom stereocenters. The third-order valence-corrected chi connectivity index (χ3v) is 5.93. The molecule has 1 aliphatic carbocycles. The maximum absolute atomic E-state index is 5.90. The summed E-state index contributed by atoms with van der Waals surface area (Å²) in [5.41, 5.74) is 2.71. The van der Waals surface area contributed by atoms with Crippen LogP contribution in [0.1, 0.15) is 22.4 Å². The van der Waals surface area contributed by atoms with Crippen LogP contribution in [0.3, 0.4) is 0 Å². The van der Waals surface area contributed by atoms with Crippen molar-refractivity contribution in [2.24, 2.45) is 0 Å². The van der Waals surface area contributed by atoms with E-state index in [9.17, 15) is 0 Å². The minimum absolute atomic E-state index is 0.689. The number of thiophene rings is 1. The molecule has 3 aromatic rings. The third-order valence-electron chi connectivity index (χ3n) is 4.73. The van der Waals surface area contributed by atoms with Crippen molar-refractivity contribution >= 4 is 27.4 Å². The molecule has 1 aliphatic heterocycles. The van der Waals surface area contributed by atoms with Gasteiger partial charge in [0.25, 0.3) is 0 Å². The van der Waals surface area contributed by atoms with Crippen LogP contribution >= 0.6 is 11.3 Å². The van der Waals surface area contributed by atoms with Gasteiger partial charge in [0.15, 0.2) is 0 Å². The van der Waals surface area contributed by atoms with Crippen LogP contribution in [0.5, 0.6) is 5.75 Å². The highest BCUT2D eigenvalue weighted by Crippen LogP contribution is 2.40. The van der Waals surface area contributed by atoms with Gasteiger partial charge < -0.3 is 9.64 Å². The van der Waals surface area contributed by atoms with E-state index in [4.69, 9.17) is 4.74 Å². The van der Waals surface area contributed by atoms with E-state index in [-0.39, 0.29) is 0 Å². The van der Waals surface area contributed by atoms with Crippen molar-refractivity contribution in [2.45, 2.75) is 25.8 Å². The normalized spacial score (nSPS) is 16.8. The Morgan fingerprint density at radius 2 is 2.09 bits per heavy atom. The summed E-state index contributed by atoms with van der Waals surface area (Å²) < 4.78 is 5.90. The number of aryl methyl sites for hydroxylation is 2. The third kappa shape index (κ3) is 2.10. The van der Waals surface area contributed by atoms with Gasteiger partial charge in [0.2, 0.25) is 0 Å². The molecule has 0 radical (unpaired) electrons. The number of hydrogen-bond donors (Lipinski definition) is 0. The highest BCUT2D eigenvalue weighted by molar-refractivity contribution is 7.19. The number of hydrogen-bond acceptors (Lipinski definition) is 5. The number of nitrogens with zero attached hydrogens (tertiary/aromatic N) is 3. The predicted molar refractivity (Wildman–Crippen MR) is 92.4 cm³/mol. The fourth-order valence-electron chi connectivity index (χ4n) is 3.66. The minimum Gasteiger partial charge on any atom is -0.491 e. The van der Waals surface area contributed by atoms with Crippen molar-refractivity contribution in [1.82, 2.24) is 9.97 Å². The molecule has 5 rings (SSSR count). The molecular formula is C18H17N3OS. The van der Waals surface area contributed by atoms with Crippen LogP contribution in [0.4, 0.5) is 5.82 Å². The van der Waals surface area contributed by atoms with Crippen molar-refractivity contribution < 1.29 is 4.74 Å². The lowest BCUT2D eigenvalue weighted by atomic mass is 10.1. The van der Waals surface area contributed by atoms with Gasteiger partial charge in [-0.3, -0.25) is 0 Å². The average Bonchev–Trinajstić information content (AvgIpc) is 3.08. The zero-order chi connectivity index (χ0) is 15.2. The molecule has 0 unspecified atom stereocenters. The Bertz CT molecular complexity index is 889. The maximum Gasteiger partial charge on any atom is 0.141 e. The van der Waals surface area contributed by atoms with Gasteiger partial charge in [-0.25, -0.2) is 9.97 Å². The highest BCUT2D eigenvalue weighted by Gasteiger charge is 2.25. The number of ether oxygens (including phenoxy) is 1. The number of para-hydroxylation sites is 1. The van der Waals surface area contributed by atoms with Crippen molar-refractivity contribution in [3.63, 3.8) is 0 Å². The Balaban J connectivity index is 1.63. The standard InChI is InChI=1S/C18H17N3OS/c1-2-6-14-12(4-1)10-21(8-9-22-14)17-16-13-5-3-7-15(13)23-18(16)20-11-19-17/h1-2,4,6,11H,3,5,7-10H2. The summed E-state index contributed by atoms with van der Waals surface area (Å²) in [6, 6.07) is 8.30. The molecule has 2 aliphatic rings. The monoisotopic (exact) mass is 323 g/mol. The average molecular weight is 323 g/mol. The molecule has 4 nitrogen and oxygen atoms in total. The van der Waals surface area contributed by atoms with E-state index in [0.717, 1.165) is 35.9 Å². The largest absolute Gasteiger partial charge is 0.491 e. The minimum atomic E-state index is 0.689. The van der Waals surface area contributed by atoms with E-state index in [1.807, 2.05) is 17.4 Å². The van der Waals surface area contributed by atoms with E-state index < -0.39 is 0 Å². The molecule has 2 aromatic heterocycles. The van der Waals surface area contributed by atoms with Crippen molar-refractivity contribution in [3.8, 4) is 5.75 Å². The first-order valence-electron chi connectivity index (χ1n) is 8.11. The van der Waals surface area contributed by atoms with Gasteiger partial charge in [0.05, 0.1) is 11.9 Å². The van der Waals surface area contributed by atoms with Gasteiger partial charge in [-0.1, -0.05) is 18.2 Å². The topological polar surface area (TPSA) is 38.2 Å². The van der Waals surface area contributed by atoms with Crippen LogP contribution in [-0.2, 0) is 19.4 Å². The second-order valence-corrected chi connectivity index (χ2v) is 7.20. The van der Waals surface area contributed by atoms with Crippen LogP contribution in [-0.4, -0.2) is 23.1 Å². The Hall–Kier alpha value is -2.14. The van der Waals surface area contributed by atoms with E-state index in [1.165, 1.54) is 34.2 Å². The first kappa shape index (κ1) is 13.3. The summed E-state index contributed by atoms with van der Waals surface area (Å²) in [6.07, 6.45) is 5.33. The molecule has 3 heterocycles. The molecular weight excluding hydrogens is 306 g/mol. The molecule has 0 saturated carbocycles. The summed E-state index contributed by atoms with van der Waals surface area (Å²) in [5.74, 6) is 2.07. The molecule has 0 fully saturated rings. The molecule has 0 spiro atoms. The lowest BCUT2D eigenvalue weighted by Gasteiger charge is -2.22. The van der Waals surface area contributed by atoms with Crippen LogP contribution in [0, 0.1) is 0 Å². The number of rotatable bonds is 1. The van der Waals surface area contributed by atoms with Crippen LogP contribution in [0.15, 0.2) is 30.6 Å². The summed E-state index contributed by atoms with van der Waals surface area (Å²) in [7, 11) is 0. The predicted octanol–water partition coefficient (Wildman–Crippen LogP) is 3.58. The molecule has 1 aromatic carbocycles. The molecule has 5 heteroatoms. The van der Waals surface area contributed by atoms with E-state index in [1.54, 1.807) is 6.33 Å². The summed E-state index contributed by atoms with van der Waals surface area (Å²) >= 11 is 1.85. The first-order valence-corrected chi connectivity index (χ1v) is 8.93. The summed E-state index contributed by atoms with van der Waals surface area (Å²) in [6.45, 7) is 2.38. The summed E-state index contributed by atoms with van der Waals surface area (Å²) in [5, 5.41) is 1.28. The SMILES string of the molecule is c1ccc2c(c1)CN(c1ncnc3sc4c(c13)CCC4)CCO2. The molecule has 0 amide bonds. The smallest absolute Gasteiger partial charge is 0.141 e. The molecule has 23 heavy (non-hydrogen) atoms.